The summed E-state index contributed by atoms with van der Waals surface area (Å²) < 4.78 is 0. The van der Waals surface area contributed by atoms with Crippen LogP contribution in [0.5, 0.6) is 5.75 Å². The van der Waals surface area contributed by atoms with Gasteiger partial charge in [0.05, 0.1) is 0 Å². The molecule has 1 aromatic carbocycles. The summed E-state index contributed by atoms with van der Waals surface area (Å²) in [5, 5.41) is 9.97. The van der Waals surface area contributed by atoms with Gasteiger partial charge in [-0.3, -0.25) is 9.69 Å². The fourth-order valence-corrected chi connectivity index (χ4v) is 5.23. The van der Waals surface area contributed by atoms with Crippen LogP contribution in [-0.4, -0.2) is 34.9 Å². The monoisotopic (exact) mass is 297 g/mol. The van der Waals surface area contributed by atoms with Crippen LogP contribution in [0.3, 0.4) is 0 Å². The Bertz CT molecular complexity index is 638. The van der Waals surface area contributed by atoms with Crippen LogP contribution in [0.2, 0.25) is 0 Å². The normalized spacial score (nSPS) is 33.9. The highest BCUT2D eigenvalue weighted by molar-refractivity contribution is 5.80. The van der Waals surface area contributed by atoms with E-state index in [0.29, 0.717) is 36.3 Å². The van der Waals surface area contributed by atoms with E-state index < -0.39 is 0 Å². The van der Waals surface area contributed by atoms with Crippen LogP contribution in [0, 0.1) is 5.92 Å². The number of ketones is 1. The van der Waals surface area contributed by atoms with Crippen LogP contribution >= 0.6 is 0 Å². The van der Waals surface area contributed by atoms with Gasteiger partial charge in [0.25, 0.3) is 0 Å². The molecule has 4 rings (SSSR count). The summed E-state index contributed by atoms with van der Waals surface area (Å²) in [4.78, 5) is 14.6. The van der Waals surface area contributed by atoms with Crippen molar-refractivity contribution in [2.45, 2.75) is 43.6 Å². The molecule has 3 nitrogen and oxygen atoms in total. The lowest BCUT2D eigenvalue weighted by molar-refractivity contribution is -0.127. The minimum absolute atomic E-state index is 0.0998. The molecule has 2 bridgehead atoms. The minimum atomic E-state index is 0.0998. The number of Topliss-reactive ketones (excluding diaryl/α,β-unsaturated/α-hetero) is 1. The lowest BCUT2D eigenvalue weighted by Gasteiger charge is -2.58. The summed E-state index contributed by atoms with van der Waals surface area (Å²) in [6.45, 7) is 5.86. The number of carbonyl (C=O) groups is 1. The van der Waals surface area contributed by atoms with Gasteiger partial charge in [0.1, 0.15) is 11.5 Å². The molecular formula is C19H23NO2. The maximum atomic E-state index is 12.1. The first-order chi connectivity index (χ1) is 10.6. The predicted octanol–water partition coefficient (Wildman–Crippen LogP) is 2.82. The van der Waals surface area contributed by atoms with Crippen LogP contribution in [0.4, 0.5) is 0 Å². The molecule has 3 aliphatic rings. The number of rotatable bonds is 2. The van der Waals surface area contributed by atoms with Gasteiger partial charge in [-0.1, -0.05) is 12.1 Å². The highest BCUT2D eigenvalue weighted by Gasteiger charge is 2.55. The van der Waals surface area contributed by atoms with Gasteiger partial charge in [0.2, 0.25) is 0 Å². The van der Waals surface area contributed by atoms with E-state index in [4.69, 9.17) is 0 Å². The molecule has 1 N–H and O–H groups in total. The lowest BCUT2D eigenvalue weighted by Crippen LogP contribution is -2.61. The van der Waals surface area contributed by atoms with Crippen LogP contribution in [0.25, 0.3) is 0 Å². The van der Waals surface area contributed by atoms with Gasteiger partial charge < -0.3 is 5.11 Å². The van der Waals surface area contributed by atoms with Gasteiger partial charge in [-0.25, -0.2) is 0 Å². The molecule has 22 heavy (non-hydrogen) atoms. The molecule has 2 aliphatic carbocycles. The van der Waals surface area contributed by atoms with Crippen molar-refractivity contribution in [2.24, 2.45) is 5.92 Å². The van der Waals surface area contributed by atoms with Crippen molar-refractivity contribution in [2.75, 3.05) is 13.1 Å². The van der Waals surface area contributed by atoms with Crippen molar-refractivity contribution in [1.29, 1.82) is 0 Å². The average Bonchev–Trinajstić information content (AvgIpc) is 2.51. The van der Waals surface area contributed by atoms with E-state index in [1.807, 2.05) is 12.1 Å². The topological polar surface area (TPSA) is 40.5 Å². The molecule has 3 heteroatoms. The molecule has 116 valence electrons. The maximum absolute atomic E-state index is 12.1. The van der Waals surface area contributed by atoms with Crippen molar-refractivity contribution in [1.82, 2.24) is 4.90 Å². The quantitative estimate of drug-likeness (QED) is 0.853. The first-order valence-electron chi connectivity index (χ1n) is 8.33. The van der Waals surface area contributed by atoms with Gasteiger partial charge in [-0.05, 0) is 55.0 Å². The summed E-state index contributed by atoms with van der Waals surface area (Å²) in [7, 11) is 0. The number of phenolic OH excluding ortho intramolecular Hbond substituents is 1. The summed E-state index contributed by atoms with van der Waals surface area (Å²) >= 11 is 0. The summed E-state index contributed by atoms with van der Waals surface area (Å²) in [5.74, 6) is 1.17. The van der Waals surface area contributed by atoms with Crippen LogP contribution in [0.1, 0.15) is 36.8 Å². The summed E-state index contributed by atoms with van der Waals surface area (Å²) in [6, 6.07) is 6.30. The molecule has 0 unspecified atom stereocenters. The summed E-state index contributed by atoms with van der Waals surface area (Å²) in [5.41, 5.74) is 2.78. The van der Waals surface area contributed by atoms with Crippen molar-refractivity contribution in [3.63, 3.8) is 0 Å². The zero-order valence-electron chi connectivity index (χ0n) is 12.9. The van der Waals surface area contributed by atoms with E-state index in [1.54, 1.807) is 6.07 Å². The van der Waals surface area contributed by atoms with Gasteiger partial charge >= 0.3 is 0 Å². The molecule has 1 aliphatic heterocycles. The Labute approximate surface area is 131 Å². The highest BCUT2D eigenvalue weighted by Crippen LogP contribution is 2.55. The largest absolute Gasteiger partial charge is 0.508 e. The molecule has 1 heterocycles. The Kier molecular flexibility index (Phi) is 3.15. The number of fused-ring (bicyclic) bond motifs is 1. The van der Waals surface area contributed by atoms with Gasteiger partial charge in [0.15, 0.2) is 0 Å². The number of carbonyl (C=O) groups excluding carboxylic acids is 1. The number of piperidine rings is 1. The minimum Gasteiger partial charge on any atom is -0.508 e. The number of aromatic hydroxyl groups is 1. The number of nitrogens with zero attached hydrogens (tertiary/aromatic N) is 1. The second-order valence-electron chi connectivity index (χ2n) is 7.15. The molecule has 3 atom stereocenters. The molecule has 2 fully saturated rings. The number of benzene rings is 1. The Morgan fingerprint density at radius 1 is 1.36 bits per heavy atom. The number of hydrogen-bond donors (Lipinski definition) is 1. The van der Waals surface area contributed by atoms with E-state index in [1.165, 1.54) is 11.1 Å². The fraction of sp³-hybridized carbons (Fsp3) is 0.526. The first-order valence-corrected chi connectivity index (χ1v) is 8.33. The SMILES string of the molecule is C=CCN1CC[C@]23CCC(=O)C[C@H]2[C@H]1Cc1ccc(O)cc13. The highest BCUT2D eigenvalue weighted by atomic mass is 16.3. The van der Waals surface area contributed by atoms with E-state index in [-0.39, 0.29) is 5.41 Å². The Morgan fingerprint density at radius 3 is 3.05 bits per heavy atom. The van der Waals surface area contributed by atoms with E-state index in [9.17, 15) is 9.90 Å². The van der Waals surface area contributed by atoms with E-state index >= 15 is 0 Å². The predicted molar refractivity (Wildman–Crippen MR) is 86.0 cm³/mol. The molecule has 0 spiro atoms. The molecule has 0 radical (unpaired) electrons. The third kappa shape index (κ3) is 1.88. The second kappa shape index (κ2) is 4.95. The Balaban J connectivity index is 1.84. The van der Waals surface area contributed by atoms with Crippen molar-refractivity contribution in [3.8, 4) is 5.75 Å². The van der Waals surface area contributed by atoms with Gasteiger partial charge in [-0.15, -0.1) is 6.58 Å². The molecule has 1 aromatic rings. The molecule has 0 amide bonds. The first kappa shape index (κ1) is 14.0. The van der Waals surface area contributed by atoms with Crippen LogP contribution in [0.15, 0.2) is 30.9 Å². The maximum Gasteiger partial charge on any atom is 0.133 e. The van der Waals surface area contributed by atoms with Gasteiger partial charge in [0, 0.05) is 30.8 Å². The molecule has 1 saturated carbocycles. The lowest BCUT2D eigenvalue weighted by atomic mass is 9.52. The fourth-order valence-electron chi connectivity index (χ4n) is 5.23. The smallest absolute Gasteiger partial charge is 0.133 e. The van der Waals surface area contributed by atoms with E-state index in [0.717, 1.165) is 32.4 Å². The Hall–Kier alpha value is -1.61. The van der Waals surface area contributed by atoms with Crippen molar-refractivity contribution in [3.05, 3.63) is 42.0 Å². The molecule has 0 aromatic heterocycles. The van der Waals surface area contributed by atoms with Crippen molar-refractivity contribution < 1.29 is 9.90 Å². The zero-order chi connectivity index (χ0) is 15.3. The summed E-state index contributed by atoms with van der Waals surface area (Å²) in [6.07, 6.45) is 6.40. The van der Waals surface area contributed by atoms with Crippen LogP contribution in [-0.2, 0) is 16.6 Å². The standard InChI is InChI=1S/C19H23NO2/c1-2-8-20-9-7-19-6-5-15(22)12-17(19)18(20)10-13-3-4-14(21)11-16(13)19/h2-4,11,17-18,21H,1,5-10,12H2/t17-,18+,19-/m0/s1. The zero-order valence-corrected chi connectivity index (χ0v) is 12.9. The number of phenols is 1. The van der Waals surface area contributed by atoms with Crippen LogP contribution < -0.4 is 0 Å². The third-order valence-electron chi connectivity index (χ3n) is 6.21. The van der Waals surface area contributed by atoms with Gasteiger partial charge in [-0.2, -0.15) is 0 Å². The van der Waals surface area contributed by atoms with Crippen molar-refractivity contribution >= 4 is 5.78 Å². The second-order valence-corrected chi connectivity index (χ2v) is 7.15. The molecular weight excluding hydrogens is 274 g/mol. The Morgan fingerprint density at radius 2 is 2.23 bits per heavy atom. The number of hydrogen-bond acceptors (Lipinski definition) is 3. The number of likely N-dealkylation sites (tertiary alicyclic amines) is 1. The van der Waals surface area contributed by atoms with E-state index in [2.05, 4.69) is 17.5 Å². The average molecular weight is 297 g/mol. The molecule has 1 saturated heterocycles. The third-order valence-corrected chi connectivity index (χ3v) is 6.21.